The Morgan fingerprint density at radius 2 is 2.03 bits per heavy atom. The molecule has 0 unspecified atom stereocenters. The van der Waals surface area contributed by atoms with E-state index < -0.39 is 27.3 Å². The van der Waals surface area contributed by atoms with Crippen LogP contribution in [-0.2, 0) is 28.4 Å². The monoisotopic (exact) mass is 534 g/mol. The highest BCUT2D eigenvalue weighted by Crippen LogP contribution is 2.29. The molecule has 11 heteroatoms. The van der Waals surface area contributed by atoms with Gasteiger partial charge in [-0.2, -0.15) is 0 Å². The standard InChI is InChI=1S/C25H28ClFN4O4S/c1-31-13-23(28-16-31)19-11-21(24(27)22(26)12-19)25(32)29-30-36(33,34)15-18-8-5-9-20(10-18)35-14-17-6-3-2-4-7-17/h2-4,6-7,11-13,16,18,20,30H,5,8-10,14-15H2,1H3,(H,29,32)/t18-,20-/m0/s1. The molecule has 4 rings (SSSR count). The number of carbonyl (C=O) groups is 1. The van der Waals surface area contributed by atoms with Crippen LogP contribution in [0.5, 0.6) is 0 Å². The van der Waals surface area contributed by atoms with Crippen LogP contribution < -0.4 is 10.3 Å². The first kappa shape index (κ1) is 26.3. The van der Waals surface area contributed by atoms with Gasteiger partial charge in [-0.15, -0.1) is 4.83 Å². The Labute approximate surface area is 214 Å². The van der Waals surface area contributed by atoms with Gasteiger partial charge in [-0.1, -0.05) is 48.4 Å². The van der Waals surface area contributed by atoms with Crippen LogP contribution in [0, 0.1) is 11.7 Å². The van der Waals surface area contributed by atoms with Gasteiger partial charge in [-0.05, 0) is 42.9 Å². The zero-order valence-corrected chi connectivity index (χ0v) is 21.4. The SMILES string of the molecule is Cn1cnc(-c2cc(Cl)c(F)c(C(=O)NNS(=O)(=O)C[C@H]3CCC[C@H](OCc4ccccc4)C3)c2)c1. The normalized spacial score (nSPS) is 18.2. The number of aromatic nitrogens is 2. The average Bonchev–Trinajstić information content (AvgIpc) is 3.30. The minimum atomic E-state index is -3.87. The highest BCUT2D eigenvalue weighted by molar-refractivity contribution is 7.89. The van der Waals surface area contributed by atoms with Crippen molar-refractivity contribution in [2.24, 2.45) is 13.0 Å². The number of sulfonamides is 1. The number of amides is 1. The second-order valence-corrected chi connectivity index (χ2v) is 11.2. The lowest BCUT2D eigenvalue weighted by atomic mass is 9.88. The van der Waals surface area contributed by atoms with Crippen molar-refractivity contribution in [2.75, 3.05) is 5.75 Å². The third kappa shape index (κ3) is 6.91. The van der Waals surface area contributed by atoms with Crippen LogP contribution in [0.3, 0.4) is 0 Å². The number of nitrogens with one attached hydrogen (secondary N) is 2. The van der Waals surface area contributed by atoms with Gasteiger partial charge >= 0.3 is 0 Å². The van der Waals surface area contributed by atoms with Crippen LogP contribution in [0.4, 0.5) is 4.39 Å². The fraction of sp³-hybridized carbons (Fsp3) is 0.360. The molecule has 3 aromatic rings. The number of hydrogen-bond donors (Lipinski definition) is 2. The lowest BCUT2D eigenvalue weighted by molar-refractivity contribution is 0.00504. The molecule has 0 saturated heterocycles. The first-order valence-electron chi connectivity index (χ1n) is 11.6. The zero-order valence-electron chi connectivity index (χ0n) is 19.8. The molecule has 0 aliphatic heterocycles. The van der Waals surface area contributed by atoms with Crippen LogP contribution in [-0.4, -0.2) is 35.7 Å². The third-order valence-corrected chi connectivity index (χ3v) is 7.71. The number of aryl methyl sites for hydroxylation is 1. The van der Waals surface area contributed by atoms with Crippen LogP contribution >= 0.6 is 11.6 Å². The summed E-state index contributed by atoms with van der Waals surface area (Å²) in [4.78, 5) is 18.9. The maximum absolute atomic E-state index is 14.6. The number of nitrogens with zero attached hydrogens (tertiary/aromatic N) is 2. The van der Waals surface area contributed by atoms with E-state index >= 15 is 0 Å². The van der Waals surface area contributed by atoms with Crippen molar-refractivity contribution in [3.05, 3.63) is 77.0 Å². The van der Waals surface area contributed by atoms with E-state index in [4.69, 9.17) is 16.3 Å². The molecule has 192 valence electrons. The number of imidazole rings is 1. The summed E-state index contributed by atoms with van der Waals surface area (Å²) in [6.45, 7) is 0.477. The molecule has 1 aromatic heterocycles. The molecule has 36 heavy (non-hydrogen) atoms. The molecule has 0 spiro atoms. The van der Waals surface area contributed by atoms with E-state index in [1.807, 2.05) is 30.3 Å². The van der Waals surface area contributed by atoms with E-state index in [1.54, 1.807) is 24.1 Å². The van der Waals surface area contributed by atoms with E-state index in [1.165, 1.54) is 12.1 Å². The molecular weight excluding hydrogens is 507 g/mol. The number of carbonyl (C=O) groups excluding carboxylic acids is 1. The van der Waals surface area contributed by atoms with Gasteiger partial charge in [0.15, 0.2) is 5.82 Å². The Bertz CT molecular complexity index is 1320. The summed E-state index contributed by atoms with van der Waals surface area (Å²) in [6.07, 6.45) is 6.31. The second kappa shape index (κ2) is 11.5. The molecule has 2 N–H and O–H groups in total. The van der Waals surface area contributed by atoms with Crippen LogP contribution in [0.25, 0.3) is 11.3 Å². The zero-order chi connectivity index (χ0) is 25.7. The Kier molecular flexibility index (Phi) is 8.40. The maximum atomic E-state index is 14.6. The van der Waals surface area contributed by atoms with E-state index in [9.17, 15) is 17.6 Å². The lowest BCUT2D eigenvalue weighted by Gasteiger charge is -2.29. The van der Waals surface area contributed by atoms with Crippen molar-refractivity contribution in [1.82, 2.24) is 19.8 Å². The fourth-order valence-electron chi connectivity index (χ4n) is 4.34. The number of hydrazine groups is 1. The van der Waals surface area contributed by atoms with Gasteiger partial charge in [0.05, 0.1) is 41.1 Å². The van der Waals surface area contributed by atoms with Crippen LogP contribution in [0.2, 0.25) is 5.02 Å². The molecule has 1 aliphatic carbocycles. The summed E-state index contributed by atoms with van der Waals surface area (Å²) in [6, 6.07) is 12.4. The third-order valence-electron chi connectivity index (χ3n) is 6.11. The highest BCUT2D eigenvalue weighted by Gasteiger charge is 2.28. The fourth-order valence-corrected chi connectivity index (χ4v) is 5.81. The van der Waals surface area contributed by atoms with Crippen molar-refractivity contribution >= 4 is 27.5 Å². The van der Waals surface area contributed by atoms with Gasteiger partial charge in [0.2, 0.25) is 10.0 Å². The molecule has 1 aliphatic rings. The molecule has 2 aromatic carbocycles. The molecule has 8 nitrogen and oxygen atoms in total. The number of rotatable bonds is 9. The maximum Gasteiger partial charge on any atom is 0.269 e. The van der Waals surface area contributed by atoms with E-state index in [2.05, 4.69) is 15.2 Å². The van der Waals surface area contributed by atoms with Gasteiger partial charge < -0.3 is 9.30 Å². The second-order valence-electron chi connectivity index (χ2n) is 9.03. The lowest BCUT2D eigenvalue weighted by Crippen LogP contribution is -2.44. The predicted molar refractivity (Wildman–Crippen MR) is 135 cm³/mol. The van der Waals surface area contributed by atoms with Gasteiger partial charge in [0.25, 0.3) is 5.91 Å². The molecule has 1 amide bonds. The van der Waals surface area contributed by atoms with Gasteiger partial charge in [-0.3, -0.25) is 10.2 Å². The van der Waals surface area contributed by atoms with E-state index in [0.717, 1.165) is 24.8 Å². The van der Waals surface area contributed by atoms with E-state index in [-0.39, 0.29) is 22.8 Å². The van der Waals surface area contributed by atoms with Gasteiger partial charge in [-0.25, -0.2) is 17.8 Å². The topological polar surface area (TPSA) is 102 Å². The minimum Gasteiger partial charge on any atom is -0.374 e. The Morgan fingerprint density at radius 3 is 2.75 bits per heavy atom. The smallest absolute Gasteiger partial charge is 0.269 e. The average molecular weight is 535 g/mol. The summed E-state index contributed by atoms with van der Waals surface area (Å²) in [5, 5.41) is -0.269. The number of halogens is 2. The van der Waals surface area contributed by atoms with Crippen molar-refractivity contribution in [3.63, 3.8) is 0 Å². The summed E-state index contributed by atoms with van der Waals surface area (Å²) < 4.78 is 47.6. The number of ether oxygens (including phenoxy) is 1. The quantitative estimate of drug-likeness (QED) is 0.400. The first-order valence-corrected chi connectivity index (χ1v) is 13.7. The van der Waals surface area contributed by atoms with Crippen molar-refractivity contribution in [3.8, 4) is 11.3 Å². The predicted octanol–water partition coefficient (Wildman–Crippen LogP) is 4.22. The van der Waals surface area contributed by atoms with Crippen molar-refractivity contribution in [1.29, 1.82) is 0 Å². The molecular formula is C25H28ClFN4O4S. The summed E-state index contributed by atoms with van der Waals surface area (Å²) in [5.74, 6) is -2.19. The van der Waals surface area contributed by atoms with Gasteiger partial charge in [0, 0.05) is 18.8 Å². The number of benzene rings is 2. The minimum absolute atomic E-state index is 0.0284. The molecule has 1 heterocycles. The Morgan fingerprint density at radius 1 is 1.25 bits per heavy atom. The molecule has 2 atom stereocenters. The molecule has 1 fully saturated rings. The Balaban J connectivity index is 1.34. The summed E-state index contributed by atoms with van der Waals surface area (Å²) in [7, 11) is -2.09. The van der Waals surface area contributed by atoms with Crippen molar-refractivity contribution in [2.45, 2.75) is 38.4 Å². The summed E-state index contributed by atoms with van der Waals surface area (Å²) >= 11 is 5.98. The molecule has 0 radical (unpaired) electrons. The largest absolute Gasteiger partial charge is 0.374 e. The Hall–Kier alpha value is -2.79. The highest BCUT2D eigenvalue weighted by atomic mass is 35.5. The summed E-state index contributed by atoms with van der Waals surface area (Å²) in [5.41, 5.74) is 3.71. The number of hydrogen-bond acceptors (Lipinski definition) is 5. The van der Waals surface area contributed by atoms with E-state index in [0.29, 0.717) is 24.3 Å². The molecule has 0 bridgehead atoms. The van der Waals surface area contributed by atoms with Crippen LogP contribution in [0.1, 0.15) is 41.6 Å². The van der Waals surface area contributed by atoms with Crippen LogP contribution in [0.15, 0.2) is 55.0 Å². The van der Waals surface area contributed by atoms with Crippen molar-refractivity contribution < 1.29 is 22.3 Å². The molecule has 1 saturated carbocycles. The van der Waals surface area contributed by atoms with Gasteiger partial charge in [0.1, 0.15) is 0 Å². The first-order chi connectivity index (χ1) is 17.2.